The Morgan fingerprint density at radius 1 is 0.963 bits per heavy atom. The molecule has 0 saturated carbocycles. The standard InChI is InChI=1S/C20H17N5O2/c1-27-17-12-10-16(11-13-17)22-24-20(19(26)15-7-3-2-4-8-15)25-23-18-9-5-6-14-21-18/h2-14,22H,1H3/b24-20-,25-23?. The Morgan fingerprint density at radius 3 is 2.37 bits per heavy atom. The van der Waals surface area contributed by atoms with E-state index in [1.54, 1.807) is 80.0 Å². The van der Waals surface area contributed by atoms with Crippen LogP contribution in [0.1, 0.15) is 10.4 Å². The molecule has 0 radical (unpaired) electrons. The molecule has 3 rings (SSSR count). The number of hydrogen-bond acceptors (Lipinski definition) is 6. The zero-order chi connectivity index (χ0) is 18.9. The van der Waals surface area contributed by atoms with Crippen LogP contribution in [0.25, 0.3) is 0 Å². The lowest BCUT2D eigenvalue weighted by atomic mass is 10.1. The lowest BCUT2D eigenvalue weighted by Gasteiger charge is -2.04. The fraction of sp³-hybridized carbons (Fsp3) is 0.0500. The van der Waals surface area contributed by atoms with E-state index in [1.165, 1.54) is 0 Å². The average molecular weight is 359 g/mol. The Hall–Kier alpha value is -3.87. The topological polar surface area (TPSA) is 88.3 Å². The number of ketones is 1. The number of methoxy groups -OCH3 is 1. The van der Waals surface area contributed by atoms with Crippen LogP contribution in [0.2, 0.25) is 0 Å². The molecule has 0 amide bonds. The summed E-state index contributed by atoms with van der Waals surface area (Å²) in [6, 6.07) is 21.1. The van der Waals surface area contributed by atoms with E-state index in [-0.39, 0.29) is 11.6 Å². The summed E-state index contributed by atoms with van der Waals surface area (Å²) in [6.07, 6.45) is 1.60. The number of ether oxygens (including phenoxy) is 1. The summed E-state index contributed by atoms with van der Waals surface area (Å²) >= 11 is 0. The van der Waals surface area contributed by atoms with Gasteiger partial charge >= 0.3 is 0 Å². The molecule has 1 aromatic heterocycles. The van der Waals surface area contributed by atoms with Crippen molar-refractivity contribution in [3.05, 3.63) is 84.6 Å². The number of amidine groups is 1. The van der Waals surface area contributed by atoms with Crippen molar-refractivity contribution in [3.63, 3.8) is 0 Å². The molecular formula is C20H17N5O2. The van der Waals surface area contributed by atoms with Gasteiger partial charge in [0.15, 0.2) is 5.82 Å². The third-order valence-corrected chi connectivity index (χ3v) is 3.52. The molecule has 0 atom stereocenters. The summed E-state index contributed by atoms with van der Waals surface area (Å²) in [4.78, 5) is 16.8. The molecule has 0 bridgehead atoms. The minimum atomic E-state index is -0.351. The molecule has 134 valence electrons. The van der Waals surface area contributed by atoms with Gasteiger partial charge in [-0.15, -0.1) is 15.3 Å². The van der Waals surface area contributed by atoms with Crippen LogP contribution < -0.4 is 10.2 Å². The number of benzene rings is 2. The molecule has 0 fully saturated rings. The van der Waals surface area contributed by atoms with Crippen molar-refractivity contribution in [2.45, 2.75) is 0 Å². The summed E-state index contributed by atoms with van der Waals surface area (Å²) in [5.74, 6) is 0.675. The van der Waals surface area contributed by atoms with E-state index < -0.39 is 0 Å². The van der Waals surface area contributed by atoms with Crippen molar-refractivity contribution < 1.29 is 9.53 Å². The van der Waals surface area contributed by atoms with Gasteiger partial charge in [-0.25, -0.2) is 4.98 Å². The smallest absolute Gasteiger partial charge is 0.241 e. The van der Waals surface area contributed by atoms with E-state index in [1.807, 2.05) is 6.07 Å². The first-order chi connectivity index (χ1) is 13.3. The zero-order valence-corrected chi connectivity index (χ0v) is 14.6. The molecular weight excluding hydrogens is 342 g/mol. The highest BCUT2D eigenvalue weighted by molar-refractivity contribution is 6.45. The molecule has 7 nitrogen and oxygen atoms in total. The van der Waals surface area contributed by atoms with Crippen LogP contribution in [-0.4, -0.2) is 23.7 Å². The van der Waals surface area contributed by atoms with Gasteiger partial charge in [-0.1, -0.05) is 36.4 Å². The summed E-state index contributed by atoms with van der Waals surface area (Å²) in [7, 11) is 1.59. The van der Waals surface area contributed by atoms with E-state index in [0.29, 0.717) is 17.1 Å². The van der Waals surface area contributed by atoms with E-state index in [9.17, 15) is 4.79 Å². The maximum atomic E-state index is 12.7. The minimum absolute atomic E-state index is 0.0809. The molecule has 0 spiro atoms. The van der Waals surface area contributed by atoms with Crippen LogP contribution in [0.3, 0.4) is 0 Å². The molecule has 2 aromatic carbocycles. The average Bonchev–Trinajstić information content (AvgIpc) is 2.75. The normalized spacial score (nSPS) is 11.4. The molecule has 0 aliphatic rings. The molecule has 27 heavy (non-hydrogen) atoms. The molecule has 1 heterocycles. The number of hydrogen-bond donors (Lipinski definition) is 1. The second-order valence-electron chi connectivity index (χ2n) is 5.36. The largest absolute Gasteiger partial charge is 0.497 e. The van der Waals surface area contributed by atoms with Crippen molar-refractivity contribution in [3.8, 4) is 5.75 Å². The number of rotatable bonds is 6. The van der Waals surface area contributed by atoms with Gasteiger partial charge in [0, 0.05) is 11.8 Å². The number of Topliss-reactive ketones (excluding diaryl/α,β-unsaturated/α-hetero) is 1. The Labute approximate surface area is 156 Å². The summed E-state index contributed by atoms with van der Waals surface area (Å²) < 4.78 is 5.12. The number of carbonyl (C=O) groups excluding carboxylic acids is 1. The fourth-order valence-electron chi connectivity index (χ4n) is 2.13. The zero-order valence-electron chi connectivity index (χ0n) is 14.6. The van der Waals surface area contributed by atoms with E-state index >= 15 is 0 Å². The van der Waals surface area contributed by atoms with Crippen LogP contribution in [0.15, 0.2) is 94.3 Å². The van der Waals surface area contributed by atoms with Gasteiger partial charge in [-0.3, -0.25) is 10.2 Å². The fourth-order valence-corrected chi connectivity index (χ4v) is 2.13. The summed E-state index contributed by atoms with van der Waals surface area (Å²) in [5, 5.41) is 12.1. The van der Waals surface area contributed by atoms with Crippen molar-refractivity contribution in [2.75, 3.05) is 12.5 Å². The minimum Gasteiger partial charge on any atom is -0.497 e. The van der Waals surface area contributed by atoms with Crippen LogP contribution in [0.5, 0.6) is 5.75 Å². The van der Waals surface area contributed by atoms with Gasteiger partial charge in [-0.2, -0.15) is 0 Å². The molecule has 0 saturated heterocycles. The van der Waals surface area contributed by atoms with Gasteiger partial charge in [-0.05, 0) is 36.4 Å². The molecule has 7 heteroatoms. The molecule has 0 aliphatic carbocycles. The highest BCUT2D eigenvalue weighted by Crippen LogP contribution is 2.15. The van der Waals surface area contributed by atoms with Crippen molar-refractivity contribution in [1.29, 1.82) is 0 Å². The predicted molar refractivity (Wildman–Crippen MR) is 104 cm³/mol. The highest BCUT2D eigenvalue weighted by Gasteiger charge is 2.14. The first-order valence-electron chi connectivity index (χ1n) is 8.16. The van der Waals surface area contributed by atoms with Gasteiger partial charge in [0.2, 0.25) is 11.6 Å². The lowest BCUT2D eigenvalue weighted by Crippen LogP contribution is -2.13. The molecule has 0 aliphatic heterocycles. The number of anilines is 1. The van der Waals surface area contributed by atoms with E-state index in [4.69, 9.17) is 4.74 Å². The number of pyridine rings is 1. The molecule has 1 N–H and O–H groups in total. The quantitative estimate of drug-likeness (QED) is 0.231. The van der Waals surface area contributed by atoms with E-state index in [2.05, 4.69) is 25.7 Å². The SMILES string of the molecule is COc1ccc(N/N=C(\N=Nc2ccccn2)C(=O)c2ccccc2)cc1. The number of nitrogens with one attached hydrogen (secondary N) is 1. The van der Waals surface area contributed by atoms with Gasteiger partial charge < -0.3 is 4.74 Å². The third kappa shape index (κ3) is 5.05. The van der Waals surface area contributed by atoms with Crippen molar-refractivity contribution in [1.82, 2.24) is 4.98 Å². The second kappa shape index (κ2) is 9.00. The molecule has 3 aromatic rings. The van der Waals surface area contributed by atoms with Crippen LogP contribution in [-0.2, 0) is 0 Å². The maximum Gasteiger partial charge on any atom is 0.241 e. The summed E-state index contributed by atoms with van der Waals surface area (Å²) in [5.41, 5.74) is 3.97. The van der Waals surface area contributed by atoms with Crippen LogP contribution in [0.4, 0.5) is 11.5 Å². The molecule has 0 unspecified atom stereocenters. The van der Waals surface area contributed by atoms with Gasteiger partial charge in [0.05, 0.1) is 12.8 Å². The first-order valence-corrected chi connectivity index (χ1v) is 8.16. The Bertz CT molecular complexity index is 939. The third-order valence-electron chi connectivity index (χ3n) is 3.52. The number of azo groups is 1. The highest BCUT2D eigenvalue weighted by atomic mass is 16.5. The number of hydrazone groups is 1. The number of carbonyl (C=O) groups is 1. The van der Waals surface area contributed by atoms with Crippen LogP contribution >= 0.6 is 0 Å². The maximum absolute atomic E-state index is 12.7. The van der Waals surface area contributed by atoms with Gasteiger partial charge in [0.1, 0.15) is 5.75 Å². The Morgan fingerprint density at radius 2 is 1.70 bits per heavy atom. The summed E-state index contributed by atoms with van der Waals surface area (Å²) in [6.45, 7) is 0. The van der Waals surface area contributed by atoms with Crippen LogP contribution in [0, 0.1) is 0 Å². The first kappa shape index (κ1) is 17.9. The van der Waals surface area contributed by atoms with E-state index in [0.717, 1.165) is 5.75 Å². The van der Waals surface area contributed by atoms with Gasteiger partial charge in [0.25, 0.3) is 0 Å². The predicted octanol–water partition coefficient (Wildman–Crippen LogP) is 4.48. The van der Waals surface area contributed by atoms with Crippen molar-refractivity contribution in [2.24, 2.45) is 15.3 Å². The number of aromatic nitrogens is 1. The lowest BCUT2D eigenvalue weighted by molar-refractivity contribution is 0.106. The monoisotopic (exact) mass is 359 g/mol. The Kier molecular flexibility index (Phi) is 5.98. The second-order valence-corrected chi connectivity index (χ2v) is 5.36. The Balaban J connectivity index is 1.86. The number of nitrogens with zero attached hydrogens (tertiary/aromatic N) is 4. The van der Waals surface area contributed by atoms with Crippen molar-refractivity contribution >= 4 is 23.1 Å².